The van der Waals surface area contributed by atoms with E-state index in [4.69, 9.17) is 15.0 Å². The van der Waals surface area contributed by atoms with E-state index in [1.54, 1.807) is 0 Å². The summed E-state index contributed by atoms with van der Waals surface area (Å²) in [4.78, 5) is 14.4. The summed E-state index contributed by atoms with van der Waals surface area (Å²) in [5.41, 5.74) is 7.53. The second-order valence-corrected chi connectivity index (χ2v) is 4.29. The van der Waals surface area contributed by atoms with E-state index in [2.05, 4.69) is 15.3 Å². The monoisotopic (exact) mass is 256 g/mol. The molecule has 1 fully saturated rings. The van der Waals surface area contributed by atoms with Crippen molar-refractivity contribution in [1.29, 1.82) is 0 Å². The first-order valence-electron chi connectivity index (χ1n) is 6.14. The predicted molar refractivity (Wildman–Crippen MR) is 66.0 cm³/mol. The Bertz CT molecular complexity index is 322. The summed E-state index contributed by atoms with van der Waals surface area (Å²) in [6, 6.07) is 0. The molecule has 1 saturated carbocycles. The van der Waals surface area contributed by atoms with Gasteiger partial charge in [0, 0.05) is 30.9 Å². The fourth-order valence-electron chi connectivity index (χ4n) is 2.17. The second-order valence-electron chi connectivity index (χ2n) is 4.29. The van der Waals surface area contributed by atoms with Crippen LogP contribution >= 0.6 is 0 Å². The van der Waals surface area contributed by atoms with Crippen LogP contribution in [0, 0.1) is 0 Å². The van der Waals surface area contributed by atoms with Gasteiger partial charge in [0.15, 0.2) is 0 Å². The van der Waals surface area contributed by atoms with Gasteiger partial charge in [-0.3, -0.25) is 4.79 Å². The molecule has 0 aliphatic heterocycles. The molecule has 7 heteroatoms. The Balaban J connectivity index is 2.39. The first-order valence-corrected chi connectivity index (χ1v) is 6.14. The molecule has 0 saturated heterocycles. The van der Waals surface area contributed by atoms with E-state index < -0.39 is 5.54 Å². The molecule has 1 N–H and O–H groups in total. The molecule has 0 unspecified atom stereocenters. The number of carbonyl (C=O) groups excluding carboxylic acids is 1. The van der Waals surface area contributed by atoms with E-state index in [-0.39, 0.29) is 12.1 Å². The van der Waals surface area contributed by atoms with Crippen LogP contribution in [-0.4, -0.2) is 44.4 Å². The lowest BCUT2D eigenvalue weighted by molar-refractivity contribution is -0.161. The van der Waals surface area contributed by atoms with Crippen LogP contribution in [-0.2, 0) is 14.3 Å². The van der Waals surface area contributed by atoms with Crippen molar-refractivity contribution in [1.82, 2.24) is 5.32 Å². The van der Waals surface area contributed by atoms with Gasteiger partial charge in [-0.05, 0) is 25.4 Å². The highest BCUT2D eigenvalue weighted by Crippen LogP contribution is 2.35. The summed E-state index contributed by atoms with van der Waals surface area (Å²) in [5, 5.41) is 6.64. The van der Waals surface area contributed by atoms with Gasteiger partial charge in [0.25, 0.3) is 0 Å². The third-order valence-corrected chi connectivity index (χ3v) is 3.09. The fraction of sp³-hybridized carbons (Fsp3) is 0.909. The molecule has 0 aromatic rings. The van der Waals surface area contributed by atoms with Crippen molar-refractivity contribution < 1.29 is 14.3 Å². The molecular formula is C11H20N4O3. The Kier molecular flexibility index (Phi) is 5.91. The Morgan fingerprint density at radius 3 is 2.89 bits per heavy atom. The maximum absolute atomic E-state index is 11.8. The van der Waals surface area contributed by atoms with Crippen LogP contribution in [0.4, 0.5) is 0 Å². The van der Waals surface area contributed by atoms with E-state index in [1.807, 2.05) is 6.92 Å². The minimum Gasteiger partial charge on any atom is -0.468 e. The van der Waals surface area contributed by atoms with Crippen LogP contribution in [0.5, 0.6) is 0 Å². The molecule has 0 aromatic carbocycles. The molecule has 7 nitrogen and oxygen atoms in total. The Hall–Kier alpha value is -1.30. The molecule has 18 heavy (non-hydrogen) atoms. The van der Waals surface area contributed by atoms with Gasteiger partial charge in [-0.2, -0.15) is 0 Å². The number of nitrogens with zero attached hydrogens (tertiary/aromatic N) is 3. The molecule has 0 bridgehead atoms. The van der Waals surface area contributed by atoms with Crippen LogP contribution in [0.2, 0.25) is 0 Å². The SMILES string of the molecule is CCOC1CC(NCCCN=[N+]=[N-])(C(=O)OC)C1. The van der Waals surface area contributed by atoms with Crippen LogP contribution in [0.1, 0.15) is 26.2 Å². The molecule has 0 radical (unpaired) electrons. The topological polar surface area (TPSA) is 96.3 Å². The zero-order valence-electron chi connectivity index (χ0n) is 10.9. The first kappa shape index (κ1) is 14.8. The Labute approximate surface area is 106 Å². The molecule has 1 aliphatic carbocycles. The maximum atomic E-state index is 11.8. The van der Waals surface area contributed by atoms with Gasteiger partial charge >= 0.3 is 5.97 Å². The van der Waals surface area contributed by atoms with E-state index in [9.17, 15) is 4.79 Å². The molecule has 1 aliphatic rings. The maximum Gasteiger partial charge on any atom is 0.326 e. The number of nitrogens with one attached hydrogen (secondary N) is 1. The molecule has 0 aromatic heterocycles. The molecule has 0 amide bonds. The number of esters is 1. The van der Waals surface area contributed by atoms with Crippen molar-refractivity contribution in [2.75, 3.05) is 26.8 Å². The highest BCUT2D eigenvalue weighted by Gasteiger charge is 2.51. The number of carbonyl (C=O) groups is 1. The first-order chi connectivity index (χ1) is 8.68. The van der Waals surface area contributed by atoms with Gasteiger partial charge in [0.05, 0.1) is 13.2 Å². The van der Waals surface area contributed by atoms with Crippen LogP contribution in [0.3, 0.4) is 0 Å². The van der Waals surface area contributed by atoms with Gasteiger partial charge in [-0.15, -0.1) is 0 Å². The Morgan fingerprint density at radius 1 is 1.61 bits per heavy atom. The third kappa shape index (κ3) is 3.60. The minimum absolute atomic E-state index is 0.124. The van der Waals surface area contributed by atoms with Crippen LogP contribution in [0.15, 0.2) is 5.11 Å². The number of azide groups is 1. The zero-order valence-corrected chi connectivity index (χ0v) is 10.9. The summed E-state index contributed by atoms with van der Waals surface area (Å²) in [7, 11) is 1.39. The van der Waals surface area contributed by atoms with Crippen molar-refractivity contribution in [3.05, 3.63) is 10.4 Å². The average molecular weight is 256 g/mol. The lowest BCUT2D eigenvalue weighted by Gasteiger charge is -2.45. The highest BCUT2D eigenvalue weighted by molar-refractivity contribution is 5.82. The van der Waals surface area contributed by atoms with E-state index in [1.165, 1.54) is 7.11 Å². The number of rotatable bonds is 8. The summed E-state index contributed by atoms with van der Waals surface area (Å²) in [5.74, 6) is -0.248. The van der Waals surface area contributed by atoms with Gasteiger partial charge in [-0.25, -0.2) is 0 Å². The highest BCUT2D eigenvalue weighted by atomic mass is 16.5. The number of methoxy groups -OCH3 is 1. The fourth-order valence-corrected chi connectivity index (χ4v) is 2.17. The van der Waals surface area contributed by atoms with Crippen molar-refractivity contribution in [3.8, 4) is 0 Å². The predicted octanol–water partition coefficient (Wildman–Crippen LogP) is 1.39. The average Bonchev–Trinajstić information content (AvgIpc) is 2.34. The van der Waals surface area contributed by atoms with Crippen molar-refractivity contribution >= 4 is 5.97 Å². The quantitative estimate of drug-likeness (QED) is 0.233. The van der Waals surface area contributed by atoms with Gasteiger partial charge in [-0.1, -0.05) is 5.11 Å². The summed E-state index contributed by atoms with van der Waals surface area (Å²) >= 11 is 0. The summed E-state index contributed by atoms with van der Waals surface area (Å²) in [6.45, 7) is 3.63. The van der Waals surface area contributed by atoms with Gasteiger partial charge in [0.1, 0.15) is 5.54 Å². The van der Waals surface area contributed by atoms with Crippen molar-refractivity contribution in [2.24, 2.45) is 5.11 Å². The Morgan fingerprint density at radius 2 is 2.33 bits per heavy atom. The molecule has 102 valence electrons. The van der Waals surface area contributed by atoms with E-state index >= 15 is 0 Å². The molecule has 1 rings (SSSR count). The van der Waals surface area contributed by atoms with Gasteiger partial charge < -0.3 is 14.8 Å². The largest absolute Gasteiger partial charge is 0.468 e. The minimum atomic E-state index is -0.620. The van der Waals surface area contributed by atoms with Crippen LogP contribution < -0.4 is 5.32 Å². The molecule has 0 spiro atoms. The smallest absolute Gasteiger partial charge is 0.326 e. The standard InChI is InChI=1S/C11H20N4O3/c1-3-18-9-7-11(8-9,10(16)17-2)13-5-4-6-14-15-12/h9,13H,3-8H2,1-2H3. The van der Waals surface area contributed by atoms with Gasteiger partial charge in [0.2, 0.25) is 0 Å². The van der Waals surface area contributed by atoms with Crippen molar-refractivity contribution in [2.45, 2.75) is 37.8 Å². The van der Waals surface area contributed by atoms with Crippen molar-refractivity contribution in [3.63, 3.8) is 0 Å². The number of ether oxygens (including phenoxy) is 2. The van der Waals surface area contributed by atoms with E-state index in [0.29, 0.717) is 39.0 Å². The number of hydrogen-bond donors (Lipinski definition) is 1. The second kappa shape index (κ2) is 7.20. The summed E-state index contributed by atoms with van der Waals surface area (Å²) < 4.78 is 10.3. The molecular weight excluding hydrogens is 236 g/mol. The molecule has 0 heterocycles. The number of hydrogen-bond acceptors (Lipinski definition) is 5. The van der Waals surface area contributed by atoms with E-state index in [0.717, 1.165) is 0 Å². The normalized spacial score (nSPS) is 26.0. The van der Waals surface area contributed by atoms with Crippen LogP contribution in [0.25, 0.3) is 10.4 Å². The zero-order chi connectivity index (χ0) is 13.4. The third-order valence-electron chi connectivity index (χ3n) is 3.09. The summed E-state index contributed by atoms with van der Waals surface area (Å²) in [6.07, 6.45) is 2.09. The molecule has 0 atom stereocenters. The lowest BCUT2D eigenvalue weighted by Crippen LogP contribution is -2.63. The lowest BCUT2D eigenvalue weighted by atomic mass is 9.74.